The minimum atomic E-state index is -3.52. The third-order valence-electron chi connectivity index (χ3n) is 4.16. The van der Waals surface area contributed by atoms with Crippen LogP contribution in [0.15, 0.2) is 24.3 Å². The van der Waals surface area contributed by atoms with Crippen molar-refractivity contribution < 1.29 is 18.3 Å². The van der Waals surface area contributed by atoms with E-state index in [0.29, 0.717) is 32.5 Å². The molecule has 2 heterocycles. The lowest BCUT2D eigenvalue weighted by Crippen LogP contribution is -2.46. The van der Waals surface area contributed by atoms with Crippen LogP contribution in [0.5, 0.6) is 5.75 Å². The van der Waals surface area contributed by atoms with E-state index < -0.39 is 10.2 Å². The molecular weight excluding hydrogens is 292 g/mol. The molecule has 116 valence electrons. The third kappa shape index (κ3) is 3.06. The van der Waals surface area contributed by atoms with Crippen LogP contribution >= 0.6 is 0 Å². The molecule has 0 radical (unpaired) electrons. The molecule has 0 bridgehead atoms. The third-order valence-corrected chi connectivity index (χ3v) is 5.79. The van der Waals surface area contributed by atoms with E-state index in [0.717, 1.165) is 11.3 Å². The van der Waals surface area contributed by atoms with E-state index in [1.165, 1.54) is 4.31 Å². The Bertz CT molecular complexity index is 597. The van der Waals surface area contributed by atoms with Gasteiger partial charge in [0.1, 0.15) is 12.4 Å². The number of hydrogen-bond donors (Lipinski definition) is 2. The second-order valence-electron chi connectivity index (χ2n) is 5.55. The molecule has 2 N–H and O–H groups in total. The van der Waals surface area contributed by atoms with Crippen LogP contribution < -0.4 is 9.46 Å². The first-order valence-corrected chi connectivity index (χ1v) is 8.64. The second-order valence-corrected chi connectivity index (χ2v) is 7.25. The molecule has 0 aliphatic carbocycles. The van der Waals surface area contributed by atoms with E-state index in [-0.39, 0.29) is 18.6 Å². The average molecular weight is 312 g/mol. The van der Waals surface area contributed by atoms with Crippen LogP contribution in [0.1, 0.15) is 24.4 Å². The molecule has 6 nitrogen and oxygen atoms in total. The first-order valence-electron chi connectivity index (χ1n) is 7.20. The van der Waals surface area contributed by atoms with E-state index in [2.05, 4.69) is 4.72 Å². The standard InChI is InChI=1S/C14H20N2O4S/c17-9-11-5-7-16(8-6-11)21(18,19)15-13-10-20-14-4-2-1-3-12(13)14/h1-4,11,13,15,17H,5-10H2. The van der Waals surface area contributed by atoms with Crippen molar-refractivity contribution >= 4 is 10.2 Å². The summed E-state index contributed by atoms with van der Waals surface area (Å²) >= 11 is 0. The van der Waals surface area contributed by atoms with Gasteiger partial charge in [0, 0.05) is 25.3 Å². The molecule has 1 atom stereocenters. The minimum absolute atomic E-state index is 0.130. The zero-order valence-electron chi connectivity index (χ0n) is 11.7. The number of nitrogens with zero attached hydrogens (tertiary/aromatic N) is 1. The lowest BCUT2D eigenvalue weighted by atomic mass is 10.00. The number of ether oxygens (including phenoxy) is 1. The number of rotatable bonds is 4. The number of nitrogens with one attached hydrogen (secondary N) is 1. The van der Waals surface area contributed by atoms with Crippen molar-refractivity contribution in [2.45, 2.75) is 18.9 Å². The van der Waals surface area contributed by atoms with Gasteiger partial charge in [-0.3, -0.25) is 0 Å². The summed E-state index contributed by atoms with van der Waals surface area (Å²) in [7, 11) is -3.52. The molecule has 21 heavy (non-hydrogen) atoms. The van der Waals surface area contributed by atoms with Crippen LogP contribution in [0.25, 0.3) is 0 Å². The largest absolute Gasteiger partial charge is 0.491 e. The summed E-state index contributed by atoms with van der Waals surface area (Å²) in [6, 6.07) is 7.14. The lowest BCUT2D eigenvalue weighted by Gasteiger charge is -2.31. The molecule has 0 aromatic heterocycles. The van der Waals surface area contributed by atoms with Crippen molar-refractivity contribution in [2.24, 2.45) is 5.92 Å². The Hall–Kier alpha value is -1.15. The summed E-state index contributed by atoms with van der Waals surface area (Å²) in [4.78, 5) is 0. The van der Waals surface area contributed by atoms with E-state index in [1.54, 1.807) is 0 Å². The van der Waals surface area contributed by atoms with Crippen molar-refractivity contribution in [1.82, 2.24) is 9.03 Å². The van der Waals surface area contributed by atoms with Crippen LogP contribution in [-0.4, -0.2) is 44.1 Å². The fourth-order valence-electron chi connectivity index (χ4n) is 2.85. The Kier molecular flexibility index (Phi) is 4.17. The lowest BCUT2D eigenvalue weighted by molar-refractivity contribution is 0.169. The quantitative estimate of drug-likeness (QED) is 0.856. The Morgan fingerprint density at radius 2 is 2.00 bits per heavy atom. The number of aliphatic hydroxyl groups excluding tert-OH is 1. The summed E-state index contributed by atoms with van der Waals surface area (Å²) < 4.78 is 34.6. The van der Waals surface area contributed by atoms with Gasteiger partial charge in [0.2, 0.25) is 0 Å². The summed E-state index contributed by atoms with van der Waals surface area (Å²) in [5.74, 6) is 0.955. The van der Waals surface area contributed by atoms with Gasteiger partial charge in [0.15, 0.2) is 0 Å². The number of hydrogen-bond acceptors (Lipinski definition) is 4. The Balaban J connectivity index is 1.68. The highest BCUT2D eigenvalue weighted by molar-refractivity contribution is 7.87. The SMILES string of the molecule is O=S(=O)(NC1COc2ccccc21)N1CCC(CO)CC1. The molecular formula is C14H20N2O4S. The maximum atomic E-state index is 12.4. The molecule has 1 saturated heterocycles. The van der Waals surface area contributed by atoms with Gasteiger partial charge >= 0.3 is 0 Å². The average Bonchev–Trinajstić information content (AvgIpc) is 2.90. The highest BCUT2D eigenvalue weighted by atomic mass is 32.2. The van der Waals surface area contributed by atoms with Crippen LogP contribution in [0.2, 0.25) is 0 Å². The number of piperidine rings is 1. The first kappa shape index (κ1) is 14.8. The fourth-order valence-corrected chi connectivity index (χ4v) is 4.24. The van der Waals surface area contributed by atoms with E-state index in [4.69, 9.17) is 9.84 Å². The van der Waals surface area contributed by atoms with Gasteiger partial charge in [-0.15, -0.1) is 0 Å². The van der Waals surface area contributed by atoms with Gasteiger partial charge in [-0.25, -0.2) is 0 Å². The second kappa shape index (κ2) is 5.92. The van der Waals surface area contributed by atoms with Gasteiger partial charge in [0.05, 0.1) is 6.04 Å². The zero-order chi connectivity index (χ0) is 14.9. The van der Waals surface area contributed by atoms with Crippen LogP contribution in [0.4, 0.5) is 0 Å². The molecule has 7 heteroatoms. The topological polar surface area (TPSA) is 78.9 Å². The van der Waals surface area contributed by atoms with Crippen LogP contribution in [0, 0.1) is 5.92 Å². The number of aliphatic hydroxyl groups is 1. The normalized spacial score (nSPS) is 23.8. The Labute approximate surface area is 124 Å². The first-order chi connectivity index (χ1) is 10.1. The molecule has 0 saturated carbocycles. The summed E-state index contributed by atoms with van der Waals surface area (Å²) in [6.45, 7) is 1.36. The molecule has 1 aromatic rings. The summed E-state index contributed by atoms with van der Waals surface area (Å²) in [6.07, 6.45) is 1.41. The monoisotopic (exact) mass is 312 g/mol. The van der Waals surface area contributed by atoms with Crippen LogP contribution in [-0.2, 0) is 10.2 Å². The number of para-hydroxylation sites is 1. The van der Waals surface area contributed by atoms with Crippen LogP contribution in [0.3, 0.4) is 0 Å². The van der Waals surface area contributed by atoms with Gasteiger partial charge in [-0.05, 0) is 24.8 Å². The van der Waals surface area contributed by atoms with Crippen molar-refractivity contribution in [3.8, 4) is 5.75 Å². The maximum absolute atomic E-state index is 12.4. The molecule has 2 aliphatic heterocycles. The molecule has 2 aliphatic rings. The Morgan fingerprint density at radius 3 is 2.71 bits per heavy atom. The predicted molar refractivity (Wildman–Crippen MR) is 78.1 cm³/mol. The highest BCUT2D eigenvalue weighted by Crippen LogP contribution is 2.32. The van der Waals surface area contributed by atoms with Crippen molar-refractivity contribution in [3.05, 3.63) is 29.8 Å². The summed E-state index contributed by atoms with van der Waals surface area (Å²) in [5, 5.41) is 9.12. The van der Waals surface area contributed by atoms with Crippen molar-refractivity contribution in [1.29, 1.82) is 0 Å². The predicted octanol–water partition coefficient (Wildman–Crippen LogP) is 0.659. The molecule has 1 fully saturated rings. The molecule has 0 amide bonds. The molecule has 0 spiro atoms. The fraction of sp³-hybridized carbons (Fsp3) is 0.571. The van der Waals surface area contributed by atoms with Crippen molar-refractivity contribution in [3.63, 3.8) is 0 Å². The number of fused-ring (bicyclic) bond motifs is 1. The Morgan fingerprint density at radius 1 is 1.29 bits per heavy atom. The summed E-state index contributed by atoms with van der Waals surface area (Å²) in [5.41, 5.74) is 0.881. The molecule has 3 rings (SSSR count). The van der Waals surface area contributed by atoms with Crippen molar-refractivity contribution in [2.75, 3.05) is 26.3 Å². The van der Waals surface area contributed by atoms with Gasteiger partial charge in [-0.1, -0.05) is 18.2 Å². The minimum Gasteiger partial charge on any atom is -0.491 e. The zero-order valence-corrected chi connectivity index (χ0v) is 12.6. The van der Waals surface area contributed by atoms with E-state index in [9.17, 15) is 8.42 Å². The smallest absolute Gasteiger partial charge is 0.280 e. The van der Waals surface area contributed by atoms with Gasteiger partial charge < -0.3 is 9.84 Å². The maximum Gasteiger partial charge on any atom is 0.280 e. The van der Waals surface area contributed by atoms with Gasteiger partial charge in [0.25, 0.3) is 10.2 Å². The van der Waals surface area contributed by atoms with E-state index >= 15 is 0 Å². The molecule has 1 unspecified atom stereocenters. The highest BCUT2D eigenvalue weighted by Gasteiger charge is 2.33. The van der Waals surface area contributed by atoms with Gasteiger partial charge in [-0.2, -0.15) is 17.4 Å². The number of benzene rings is 1. The van der Waals surface area contributed by atoms with E-state index in [1.807, 2.05) is 24.3 Å². The molecule has 1 aromatic carbocycles.